The summed E-state index contributed by atoms with van der Waals surface area (Å²) in [6, 6.07) is 5.63. The van der Waals surface area contributed by atoms with Gasteiger partial charge in [0.2, 0.25) is 0 Å². The van der Waals surface area contributed by atoms with E-state index in [1.807, 2.05) is 18.2 Å². The number of halogens is 2. The third-order valence-electron chi connectivity index (χ3n) is 2.26. The molecule has 0 aliphatic heterocycles. The second kappa shape index (κ2) is 3.94. The average Bonchev–Trinajstić information content (AvgIpc) is 2.24. The monoisotopic (exact) mass is 286 g/mol. The van der Waals surface area contributed by atoms with Gasteiger partial charge in [0.25, 0.3) is 0 Å². The zero-order valence-corrected chi connectivity index (χ0v) is 10.3. The number of alkyl halides is 1. The van der Waals surface area contributed by atoms with Crippen molar-refractivity contribution < 1.29 is 4.73 Å². The van der Waals surface area contributed by atoms with Gasteiger partial charge < -0.3 is 5.21 Å². The Labute approximate surface area is 100 Å². The molecule has 15 heavy (non-hydrogen) atoms. The largest absolute Gasteiger partial charge is 0.711 e. The van der Waals surface area contributed by atoms with Crippen molar-refractivity contribution in [2.45, 2.75) is 12.8 Å². The van der Waals surface area contributed by atoms with Crippen LogP contribution < -0.4 is 4.73 Å². The fourth-order valence-corrected chi connectivity index (χ4v) is 2.00. The van der Waals surface area contributed by atoms with Crippen LogP contribution in [0.2, 0.25) is 0 Å². The zero-order valence-electron chi connectivity index (χ0n) is 8.00. The van der Waals surface area contributed by atoms with Crippen LogP contribution in [0.25, 0.3) is 10.9 Å². The number of fused-ring (bicyclic) bond motifs is 1. The summed E-state index contributed by atoms with van der Waals surface area (Å²) in [7, 11) is 0. The van der Waals surface area contributed by atoms with Crippen LogP contribution in [-0.4, -0.2) is 4.98 Å². The molecule has 0 spiro atoms. The van der Waals surface area contributed by atoms with Gasteiger partial charge in [-0.2, -0.15) is 0 Å². The van der Waals surface area contributed by atoms with E-state index in [2.05, 4.69) is 20.9 Å². The van der Waals surface area contributed by atoms with Gasteiger partial charge in [0.05, 0.1) is 5.39 Å². The van der Waals surface area contributed by atoms with Crippen molar-refractivity contribution in [2.24, 2.45) is 0 Å². The second-order valence-corrected chi connectivity index (χ2v) is 4.39. The fourth-order valence-electron chi connectivity index (χ4n) is 1.47. The smallest absolute Gasteiger partial charge is 0.317 e. The topological polar surface area (TPSA) is 39.8 Å². The zero-order chi connectivity index (χ0) is 11.0. The van der Waals surface area contributed by atoms with E-state index in [0.717, 1.165) is 20.1 Å². The molecule has 0 radical (unpaired) electrons. The molecule has 0 N–H and O–H groups in total. The Hall–Kier alpha value is -0.870. The van der Waals surface area contributed by atoms with E-state index in [-0.39, 0.29) is 5.88 Å². The third kappa shape index (κ3) is 1.79. The number of aromatic nitrogens is 2. The Balaban J connectivity index is 2.84. The van der Waals surface area contributed by atoms with Crippen molar-refractivity contribution in [2.75, 3.05) is 0 Å². The van der Waals surface area contributed by atoms with Crippen LogP contribution in [0.1, 0.15) is 11.5 Å². The molecule has 2 rings (SSSR count). The fraction of sp³-hybridized carbons (Fsp3) is 0.200. The molecule has 78 valence electrons. The molecular formula is C10H8BrClN2O. The average molecular weight is 288 g/mol. The van der Waals surface area contributed by atoms with Crippen LogP contribution in [-0.2, 0) is 5.88 Å². The minimum absolute atomic E-state index is 0.121. The number of nitrogens with zero attached hydrogens (tertiary/aromatic N) is 2. The van der Waals surface area contributed by atoms with E-state index in [1.165, 1.54) is 0 Å². The van der Waals surface area contributed by atoms with E-state index < -0.39 is 0 Å². The molecule has 0 atom stereocenters. The molecule has 0 fully saturated rings. The Morgan fingerprint density at radius 3 is 2.93 bits per heavy atom. The van der Waals surface area contributed by atoms with Crippen molar-refractivity contribution in [3.8, 4) is 0 Å². The van der Waals surface area contributed by atoms with Gasteiger partial charge in [0, 0.05) is 4.47 Å². The molecule has 1 heterocycles. The molecule has 3 nitrogen and oxygen atoms in total. The van der Waals surface area contributed by atoms with Gasteiger partial charge in [0.15, 0.2) is 5.52 Å². The van der Waals surface area contributed by atoms with Gasteiger partial charge in [0.1, 0.15) is 11.6 Å². The molecule has 1 aromatic heterocycles. The lowest BCUT2D eigenvalue weighted by atomic mass is 10.2. The molecule has 0 saturated carbocycles. The summed E-state index contributed by atoms with van der Waals surface area (Å²) in [6.07, 6.45) is 0. The first-order chi connectivity index (χ1) is 7.13. The molecule has 2 aromatic rings. The summed E-state index contributed by atoms with van der Waals surface area (Å²) in [5, 5.41) is 12.5. The van der Waals surface area contributed by atoms with E-state index in [1.54, 1.807) is 6.92 Å². The summed E-state index contributed by atoms with van der Waals surface area (Å²) in [6.45, 7) is 1.76. The lowest BCUT2D eigenvalue weighted by Gasteiger charge is -2.09. The minimum atomic E-state index is 0.121. The van der Waals surface area contributed by atoms with Crippen LogP contribution in [0.4, 0.5) is 0 Å². The molecule has 0 saturated heterocycles. The molecule has 0 amide bonds. The number of hydrogen-bond donors (Lipinski definition) is 0. The van der Waals surface area contributed by atoms with Crippen molar-refractivity contribution in [3.63, 3.8) is 0 Å². The number of rotatable bonds is 1. The van der Waals surface area contributed by atoms with Gasteiger partial charge in [-0.3, -0.25) is 0 Å². The predicted molar refractivity (Wildman–Crippen MR) is 62.7 cm³/mol. The molecule has 0 unspecified atom stereocenters. The third-order valence-corrected chi connectivity index (χ3v) is 2.99. The first-order valence-electron chi connectivity index (χ1n) is 4.37. The molecule has 0 bridgehead atoms. The van der Waals surface area contributed by atoms with Crippen LogP contribution in [0.5, 0.6) is 0 Å². The lowest BCUT2D eigenvalue weighted by molar-refractivity contribution is -0.621. The van der Waals surface area contributed by atoms with Crippen molar-refractivity contribution in [3.05, 3.63) is 39.4 Å². The Morgan fingerprint density at radius 2 is 2.27 bits per heavy atom. The predicted octanol–water partition coefficient (Wildman–Crippen LogP) is 2.68. The maximum absolute atomic E-state index is 11.7. The number of aryl methyl sites for hydroxylation is 1. The van der Waals surface area contributed by atoms with Crippen LogP contribution in [0.3, 0.4) is 0 Å². The van der Waals surface area contributed by atoms with E-state index in [9.17, 15) is 5.21 Å². The Kier molecular flexibility index (Phi) is 2.80. The van der Waals surface area contributed by atoms with E-state index >= 15 is 0 Å². The first-order valence-corrected chi connectivity index (χ1v) is 5.70. The summed E-state index contributed by atoms with van der Waals surface area (Å²) in [5.74, 6) is 0.458. The highest BCUT2D eigenvalue weighted by Crippen LogP contribution is 2.20. The maximum Gasteiger partial charge on any atom is 0.317 e. The van der Waals surface area contributed by atoms with Crippen LogP contribution in [0, 0.1) is 12.1 Å². The normalized spacial score (nSPS) is 10.9. The SMILES string of the molecule is Cc1c2cc(Br)ccc2nc(CCl)[n+]1[O-]. The van der Waals surface area contributed by atoms with Crippen LogP contribution in [0.15, 0.2) is 22.7 Å². The van der Waals surface area contributed by atoms with Gasteiger partial charge in [-0.15, -0.1) is 11.6 Å². The maximum atomic E-state index is 11.7. The number of benzene rings is 1. The molecular weight excluding hydrogens is 279 g/mol. The second-order valence-electron chi connectivity index (χ2n) is 3.20. The van der Waals surface area contributed by atoms with E-state index in [0.29, 0.717) is 11.5 Å². The van der Waals surface area contributed by atoms with Gasteiger partial charge in [-0.25, -0.2) is 4.73 Å². The summed E-state index contributed by atoms with van der Waals surface area (Å²) >= 11 is 9.00. The van der Waals surface area contributed by atoms with Crippen LogP contribution >= 0.6 is 27.5 Å². The Morgan fingerprint density at radius 1 is 1.53 bits per heavy atom. The van der Waals surface area contributed by atoms with Crippen molar-refractivity contribution >= 4 is 38.4 Å². The molecule has 5 heteroatoms. The quantitative estimate of drug-likeness (QED) is 0.459. The molecule has 0 aliphatic carbocycles. The number of hydrogen-bond acceptors (Lipinski definition) is 2. The Bertz CT molecular complexity index is 530. The minimum Gasteiger partial charge on any atom is -0.711 e. The molecule has 1 aromatic carbocycles. The van der Waals surface area contributed by atoms with Gasteiger partial charge in [-0.1, -0.05) is 15.9 Å². The van der Waals surface area contributed by atoms with Crippen molar-refractivity contribution in [1.82, 2.24) is 4.98 Å². The highest BCUT2D eigenvalue weighted by atomic mass is 79.9. The highest BCUT2D eigenvalue weighted by Gasteiger charge is 2.14. The first kappa shape index (κ1) is 10.6. The summed E-state index contributed by atoms with van der Waals surface area (Å²) in [4.78, 5) is 4.19. The van der Waals surface area contributed by atoms with Crippen molar-refractivity contribution in [1.29, 1.82) is 0 Å². The standard InChI is InChI=1S/C10H8BrClN2O/c1-6-8-4-7(11)2-3-9(8)13-10(5-12)14(6)15/h2-4H,5H2,1H3. The highest BCUT2D eigenvalue weighted by molar-refractivity contribution is 9.10. The van der Waals surface area contributed by atoms with E-state index in [4.69, 9.17) is 11.6 Å². The summed E-state index contributed by atoms with van der Waals surface area (Å²) in [5.41, 5.74) is 1.41. The lowest BCUT2D eigenvalue weighted by Crippen LogP contribution is -2.36. The van der Waals surface area contributed by atoms with Gasteiger partial charge >= 0.3 is 5.82 Å². The molecule has 0 aliphatic rings. The van der Waals surface area contributed by atoms with Gasteiger partial charge in [-0.05, 0) is 30.1 Å². The summed E-state index contributed by atoms with van der Waals surface area (Å²) < 4.78 is 1.71.